The molecule has 5 aliphatic heterocycles. The molecule has 0 spiro atoms. The zero-order valence-electron chi connectivity index (χ0n) is 69.8. The molecular formula is C92H111N11O12S3. The predicted molar refractivity (Wildman–Crippen MR) is 460 cm³/mol. The number of β-amino-alcohol motifs (C(OH)–C–C–N with tert-alkyl or cyclic N) is 3. The van der Waals surface area contributed by atoms with E-state index in [-0.39, 0.29) is 116 Å². The number of amides is 6. The number of likely N-dealkylation sites (tertiary alicyclic amines) is 4. The van der Waals surface area contributed by atoms with E-state index in [4.69, 9.17) is 6.57 Å². The molecule has 118 heavy (non-hydrogen) atoms. The number of Topliss-reactive ketones (excluding diaryl/α,β-unsaturated/α-hetero) is 3. The number of hydrogen-bond acceptors (Lipinski definition) is 19. The van der Waals surface area contributed by atoms with Crippen LogP contribution in [0.2, 0.25) is 0 Å². The highest BCUT2D eigenvalue weighted by Gasteiger charge is 2.50. The zero-order valence-corrected chi connectivity index (χ0v) is 72.3. The first kappa shape index (κ1) is 88.9. The number of piperidine rings is 1. The lowest BCUT2D eigenvalue weighted by atomic mass is 9.84. The van der Waals surface area contributed by atoms with Crippen molar-refractivity contribution in [3.63, 3.8) is 0 Å². The number of aliphatic hydroxyl groups excluding tert-OH is 3. The lowest BCUT2D eigenvalue weighted by Gasteiger charge is -2.40. The van der Waals surface area contributed by atoms with Crippen molar-refractivity contribution in [3.05, 3.63) is 200 Å². The molecule has 5 aliphatic rings. The molecule has 624 valence electrons. The minimum absolute atomic E-state index is 0.0270. The van der Waals surface area contributed by atoms with Crippen molar-refractivity contribution in [2.75, 3.05) is 39.8 Å². The maximum atomic E-state index is 14.1. The number of carbonyl (C=O) groups excluding carboxylic acids is 9. The summed E-state index contributed by atoms with van der Waals surface area (Å²) < 4.78 is 0. The Morgan fingerprint density at radius 2 is 0.881 bits per heavy atom. The molecule has 8 heterocycles. The number of thiazole rings is 3. The number of para-hydroxylation sites is 1. The van der Waals surface area contributed by atoms with Crippen LogP contribution in [0.25, 0.3) is 36.2 Å². The Morgan fingerprint density at radius 3 is 1.25 bits per heavy atom. The molecule has 13 rings (SSSR count). The van der Waals surface area contributed by atoms with Gasteiger partial charge < -0.3 is 50.5 Å². The largest absolute Gasteiger partial charge is 0.391 e. The third-order valence-electron chi connectivity index (χ3n) is 23.0. The van der Waals surface area contributed by atoms with Crippen LogP contribution in [0.3, 0.4) is 0 Å². The second-order valence-corrected chi connectivity index (χ2v) is 37.7. The molecule has 0 unspecified atom stereocenters. The van der Waals surface area contributed by atoms with E-state index in [0.717, 1.165) is 96.6 Å². The smallest absolute Gasteiger partial charge is 0.255 e. The third kappa shape index (κ3) is 21.6. The first-order chi connectivity index (χ1) is 56.0. The maximum absolute atomic E-state index is 14.1. The van der Waals surface area contributed by atoms with E-state index in [1.54, 1.807) is 69.2 Å². The van der Waals surface area contributed by atoms with E-state index in [2.05, 4.69) is 59.6 Å². The van der Waals surface area contributed by atoms with Crippen molar-refractivity contribution in [1.29, 1.82) is 0 Å². The summed E-state index contributed by atoms with van der Waals surface area (Å²) >= 11 is 4.80. The van der Waals surface area contributed by atoms with Crippen LogP contribution in [-0.4, -0.2) is 202 Å². The number of rotatable bonds is 23. The highest BCUT2D eigenvalue weighted by Crippen LogP contribution is 2.38. The van der Waals surface area contributed by atoms with Gasteiger partial charge in [-0.05, 0) is 134 Å². The van der Waals surface area contributed by atoms with Crippen molar-refractivity contribution < 1.29 is 58.5 Å². The fourth-order valence-electron chi connectivity index (χ4n) is 16.3. The maximum Gasteiger partial charge on any atom is 0.255 e. The third-order valence-corrected chi connectivity index (χ3v) is 26.0. The Balaban J connectivity index is 0.000000174. The second kappa shape index (κ2) is 38.5. The number of ketones is 3. The van der Waals surface area contributed by atoms with E-state index >= 15 is 0 Å². The summed E-state index contributed by atoms with van der Waals surface area (Å²) in [5.41, 5.74) is 15.0. The fourth-order valence-corrected chi connectivity index (χ4v) is 18.8. The molecule has 0 aliphatic carbocycles. The minimum atomic E-state index is -0.956. The summed E-state index contributed by atoms with van der Waals surface area (Å²) in [6.07, 6.45) is 2.22. The van der Waals surface area contributed by atoms with E-state index in [1.807, 2.05) is 173 Å². The topological polar surface area (TPSA) is 298 Å². The molecule has 26 heteroatoms. The molecule has 6 amide bonds. The number of benzene rings is 5. The van der Waals surface area contributed by atoms with Crippen LogP contribution in [0.4, 0.5) is 5.69 Å². The quantitative estimate of drug-likeness (QED) is 0.0372. The highest BCUT2D eigenvalue weighted by molar-refractivity contribution is 7.14. The van der Waals surface area contributed by atoms with Gasteiger partial charge in [-0.25, -0.2) is 19.8 Å². The van der Waals surface area contributed by atoms with Gasteiger partial charge in [-0.15, -0.1) is 34.0 Å². The van der Waals surface area contributed by atoms with Crippen LogP contribution in [0.15, 0.2) is 138 Å². The van der Waals surface area contributed by atoms with Crippen molar-refractivity contribution >= 4 is 92.5 Å². The van der Waals surface area contributed by atoms with Gasteiger partial charge in [0.1, 0.15) is 18.1 Å². The lowest BCUT2D eigenvalue weighted by Crippen LogP contribution is -2.58. The number of nitrogens with one attached hydrogen (secondary N) is 2. The minimum Gasteiger partial charge on any atom is -0.391 e. The SMILES string of the molecule is Cc1ncsc1-c1ccc(CCC(=O)[C@@H]2C[C@@H](O)CN2C(=O)[C@@H](N2Cc3ccccc3C2=O)C(C)(C)C)cc1.Cc1ncsc1-c1ccc(CCC(=O)[C@@H]2C[C@@H](O)CN2C(=O)[C@@H](NC(=O)C2CCN(C)CC2)C(C)(C)C)cc1.[C-]#[N+]c1ccccc1C(=O)N[C@H](C(=O)N1C[C@H](O)C[C@H]1C(=O)CCc1ccc(-c2scnc2C)cc1)C(C)(C)C. The van der Waals surface area contributed by atoms with Crippen molar-refractivity contribution in [1.82, 2.24) is 50.1 Å². The number of aliphatic hydroxyl groups is 3. The van der Waals surface area contributed by atoms with Gasteiger partial charge in [-0.1, -0.05) is 178 Å². The summed E-state index contributed by atoms with van der Waals surface area (Å²) in [7, 11) is 2.05. The standard InChI is InChI=1S/C31H34N4O4S.C31H35N3O4S.C30H42N4O4S/c1-19-27(40-18-33-19)21-13-10-20(11-14-21)12-15-26(37)25-16-22(36)17-35(25)30(39)28(31(2,3)4)34-29(38)23-8-6-7-9-24(23)32-5;1-19-27(39-18-32-19)21-12-9-20(10-13-21)11-14-26(36)25-15-23(35)17-33(25)30(38)28(31(2,3)4)34-16-22-7-5-6-8-24(22)29(34)37;1-19-26(39-18-31-19)21-9-6-20(7-10-21)8-11-25(36)24-16-23(35)17-34(24)29(38)27(30(2,3)4)32-28(37)22-12-14-33(5)15-13-22/h6-11,13-14,18,22,25,28,36H,12,15-17H2,1-4H3,(H,34,38);5-10,12-13,18,23,25,28,35H,11,14-17H2,1-4H3;6-7,9-10,18,22-24,27,35H,8,11-17H2,1-5H3,(H,32,37)/t22-,25+,28-;23-,25+,28-;23-,24+,27-/m111/s1. The number of nitrogens with zero attached hydrogens (tertiary/aromatic N) is 9. The zero-order chi connectivity index (χ0) is 85.2. The van der Waals surface area contributed by atoms with Gasteiger partial charge in [0.2, 0.25) is 29.5 Å². The predicted octanol–water partition coefficient (Wildman–Crippen LogP) is 13.1. The molecular weight excluding hydrogens is 1550 g/mol. The number of aromatic nitrogens is 3. The summed E-state index contributed by atoms with van der Waals surface area (Å²) in [6.45, 7) is 32.7. The number of fused-ring (bicyclic) bond motifs is 1. The Labute approximate surface area is 704 Å². The van der Waals surface area contributed by atoms with Gasteiger partial charge in [-0.3, -0.25) is 43.2 Å². The molecule has 0 saturated carbocycles. The normalized spacial score (nSPS) is 19.7. The van der Waals surface area contributed by atoms with E-state index in [0.29, 0.717) is 31.4 Å². The molecule has 3 aromatic heterocycles. The van der Waals surface area contributed by atoms with E-state index < -0.39 is 82.6 Å². The Kier molecular flexibility index (Phi) is 29.0. The van der Waals surface area contributed by atoms with E-state index in [1.165, 1.54) is 14.7 Å². The lowest BCUT2D eigenvalue weighted by molar-refractivity contribution is -0.144. The van der Waals surface area contributed by atoms with Gasteiger partial charge in [0.25, 0.3) is 5.91 Å². The molecule has 8 aromatic rings. The second-order valence-electron chi connectivity index (χ2n) is 35.1. The van der Waals surface area contributed by atoms with Crippen LogP contribution >= 0.6 is 34.0 Å². The van der Waals surface area contributed by atoms with Gasteiger partial charge in [0.05, 0.1) is 91.3 Å². The molecule has 23 nitrogen and oxygen atoms in total. The number of aryl methyl sites for hydroxylation is 6. The van der Waals surface area contributed by atoms with Crippen LogP contribution in [0.1, 0.15) is 174 Å². The molecule has 5 N–H and O–H groups in total. The first-order valence-corrected chi connectivity index (χ1v) is 43.3. The van der Waals surface area contributed by atoms with Crippen LogP contribution in [0, 0.1) is 49.5 Å². The van der Waals surface area contributed by atoms with Gasteiger partial charge in [-0.2, -0.15) is 0 Å². The number of hydrogen-bond donors (Lipinski definition) is 5. The van der Waals surface area contributed by atoms with Gasteiger partial charge in [0.15, 0.2) is 23.0 Å². The van der Waals surface area contributed by atoms with Crippen LogP contribution in [-0.2, 0) is 59.4 Å². The Hall–Kier alpha value is -9.85. The number of carbonyl (C=O) groups is 9. The Morgan fingerprint density at radius 1 is 0.508 bits per heavy atom. The first-order valence-electron chi connectivity index (χ1n) is 40.6. The highest BCUT2D eigenvalue weighted by atomic mass is 32.1. The summed E-state index contributed by atoms with van der Waals surface area (Å²) in [6, 6.07) is 33.6. The monoisotopic (exact) mass is 1660 g/mol. The molecule has 5 aromatic carbocycles. The van der Waals surface area contributed by atoms with Crippen molar-refractivity contribution in [2.24, 2.45) is 22.2 Å². The summed E-state index contributed by atoms with van der Waals surface area (Å²) in [5, 5.41) is 37.2. The molecule has 0 bridgehead atoms. The van der Waals surface area contributed by atoms with Gasteiger partial charge in [0, 0.05) is 81.7 Å². The Bertz CT molecular complexity index is 4960. The van der Waals surface area contributed by atoms with Crippen molar-refractivity contribution in [3.8, 4) is 31.3 Å². The fraction of sp³-hybridized carbons (Fsp3) is 0.467. The summed E-state index contributed by atoms with van der Waals surface area (Å²) in [5.74, 6) is -2.14. The van der Waals surface area contributed by atoms with E-state index in [9.17, 15) is 58.5 Å². The van der Waals surface area contributed by atoms with Crippen LogP contribution in [0.5, 0.6) is 0 Å². The molecule has 0 radical (unpaired) electrons. The summed E-state index contributed by atoms with van der Waals surface area (Å²) in [4.78, 5) is 149. The average Bonchev–Trinajstić information content (AvgIpc) is 1.61. The van der Waals surface area contributed by atoms with Crippen molar-refractivity contribution in [2.45, 2.75) is 215 Å². The molecule has 9 atom stereocenters. The van der Waals surface area contributed by atoms with Gasteiger partial charge >= 0.3 is 0 Å². The molecule has 4 saturated heterocycles. The molecule has 4 fully saturated rings. The van der Waals surface area contributed by atoms with Crippen LogP contribution < -0.4 is 10.6 Å². The average molecular weight is 1660 g/mol.